The molecule has 31 heavy (non-hydrogen) atoms. The van der Waals surface area contributed by atoms with E-state index in [0.717, 1.165) is 11.1 Å². The average Bonchev–Trinajstić information content (AvgIpc) is 3.45. The van der Waals surface area contributed by atoms with Crippen LogP contribution in [0.15, 0.2) is 22.7 Å². The first-order valence-electron chi connectivity index (χ1n) is 9.77. The molecule has 10 nitrogen and oxygen atoms in total. The molecule has 0 atom stereocenters. The summed E-state index contributed by atoms with van der Waals surface area (Å²) in [6, 6.07) is 3.71. The topological polar surface area (TPSA) is 140 Å². The Morgan fingerprint density at radius 2 is 1.97 bits per heavy atom. The number of oxazole rings is 1. The number of aromatic nitrogens is 5. The Kier molecular flexibility index (Phi) is 4.66. The Balaban J connectivity index is 1.65. The lowest BCUT2D eigenvalue weighted by molar-refractivity contribution is 0.174. The summed E-state index contributed by atoms with van der Waals surface area (Å²) in [6.07, 6.45) is 1.79. The standard InChI is InChI=1S/C20H20FN7O3/c1-10-8-24-19(31-10)12-7-14-13(29-9-30-14)5-11(12)6-15-25-16-17(23)26-20(21)27-18(16)28(15)4-2-3-22/h5,7-8H,2-4,6,9,22H2,1H3,(H2,23,26,27). The van der Waals surface area contributed by atoms with E-state index in [1.807, 2.05) is 23.6 Å². The van der Waals surface area contributed by atoms with Crippen LogP contribution < -0.4 is 20.9 Å². The summed E-state index contributed by atoms with van der Waals surface area (Å²) in [6.45, 7) is 2.94. The number of benzene rings is 1. The van der Waals surface area contributed by atoms with Crippen LogP contribution in [0.4, 0.5) is 10.2 Å². The van der Waals surface area contributed by atoms with E-state index in [1.54, 1.807) is 6.20 Å². The summed E-state index contributed by atoms with van der Waals surface area (Å²) >= 11 is 0. The van der Waals surface area contributed by atoms with E-state index < -0.39 is 6.08 Å². The molecule has 0 bridgehead atoms. The minimum Gasteiger partial charge on any atom is -0.454 e. The Morgan fingerprint density at radius 1 is 1.16 bits per heavy atom. The summed E-state index contributed by atoms with van der Waals surface area (Å²) in [5.41, 5.74) is 13.9. The van der Waals surface area contributed by atoms with Crippen LogP contribution in [0.25, 0.3) is 22.6 Å². The zero-order valence-electron chi connectivity index (χ0n) is 16.8. The predicted molar refractivity (Wildman–Crippen MR) is 109 cm³/mol. The van der Waals surface area contributed by atoms with Crippen molar-refractivity contribution < 1.29 is 18.3 Å². The molecule has 0 amide bonds. The van der Waals surface area contributed by atoms with Gasteiger partial charge in [-0.15, -0.1) is 0 Å². The van der Waals surface area contributed by atoms with Crippen LogP contribution in [0.2, 0.25) is 0 Å². The van der Waals surface area contributed by atoms with E-state index in [9.17, 15) is 4.39 Å². The van der Waals surface area contributed by atoms with Crippen molar-refractivity contribution in [2.75, 3.05) is 19.1 Å². The highest BCUT2D eigenvalue weighted by Gasteiger charge is 2.23. The fourth-order valence-electron chi connectivity index (χ4n) is 3.64. The van der Waals surface area contributed by atoms with Gasteiger partial charge in [-0.2, -0.15) is 14.4 Å². The van der Waals surface area contributed by atoms with Gasteiger partial charge in [-0.3, -0.25) is 0 Å². The highest BCUT2D eigenvalue weighted by Crippen LogP contribution is 2.39. The highest BCUT2D eigenvalue weighted by molar-refractivity contribution is 5.82. The number of hydrogen-bond acceptors (Lipinski definition) is 9. The van der Waals surface area contributed by atoms with Crippen LogP contribution in [0.3, 0.4) is 0 Å². The molecule has 4 aromatic rings. The summed E-state index contributed by atoms with van der Waals surface area (Å²) in [5.74, 6) is 3.01. The van der Waals surface area contributed by atoms with E-state index in [4.69, 9.17) is 25.4 Å². The van der Waals surface area contributed by atoms with Gasteiger partial charge >= 0.3 is 6.08 Å². The van der Waals surface area contributed by atoms with Crippen molar-refractivity contribution in [3.05, 3.63) is 41.6 Å². The van der Waals surface area contributed by atoms with Gasteiger partial charge in [0, 0.05) is 18.5 Å². The monoisotopic (exact) mass is 425 g/mol. The van der Waals surface area contributed by atoms with Crippen molar-refractivity contribution in [2.24, 2.45) is 5.73 Å². The lowest BCUT2D eigenvalue weighted by Gasteiger charge is -2.11. The van der Waals surface area contributed by atoms with Gasteiger partial charge in [-0.05, 0) is 37.6 Å². The van der Waals surface area contributed by atoms with Crippen molar-refractivity contribution >= 4 is 17.0 Å². The van der Waals surface area contributed by atoms with Gasteiger partial charge < -0.3 is 29.9 Å². The third-order valence-electron chi connectivity index (χ3n) is 5.06. The van der Waals surface area contributed by atoms with Crippen LogP contribution in [-0.2, 0) is 13.0 Å². The number of anilines is 1. The van der Waals surface area contributed by atoms with Crippen molar-refractivity contribution in [1.29, 1.82) is 0 Å². The summed E-state index contributed by atoms with van der Waals surface area (Å²) in [4.78, 5) is 16.5. The molecule has 1 aromatic carbocycles. The van der Waals surface area contributed by atoms with Crippen molar-refractivity contribution in [3.8, 4) is 23.0 Å². The van der Waals surface area contributed by atoms with E-state index in [0.29, 0.717) is 66.1 Å². The van der Waals surface area contributed by atoms with Crippen LogP contribution in [0, 0.1) is 13.0 Å². The average molecular weight is 425 g/mol. The molecule has 0 radical (unpaired) electrons. The number of halogens is 1. The summed E-state index contributed by atoms with van der Waals surface area (Å²) in [7, 11) is 0. The van der Waals surface area contributed by atoms with Gasteiger partial charge in [0.1, 0.15) is 11.6 Å². The van der Waals surface area contributed by atoms with Crippen molar-refractivity contribution in [1.82, 2.24) is 24.5 Å². The predicted octanol–water partition coefficient (Wildman–Crippen LogP) is 2.18. The normalized spacial score (nSPS) is 12.7. The lowest BCUT2D eigenvalue weighted by atomic mass is 10.0. The Bertz CT molecular complexity index is 1280. The van der Waals surface area contributed by atoms with Gasteiger partial charge in [-0.1, -0.05) is 0 Å². The zero-order valence-corrected chi connectivity index (χ0v) is 16.8. The van der Waals surface area contributed by atoms with Crippen LogP contribution in [0.5, 0.6) is 11.5 Å². The lowest BCUT2D eigenvalue weighted by Crippen LogP contribution is -2.10. The third-order valence-corrected chi connectivity index (χ3v) is 5.06. The first-order valence-corrected chi connectivity index (χ1v) is 9.77. The number of hydrogen-bond donors (Lipinski definition) is 2. The Hall–Kier alpha value is -3.73. The molecule has 0 spiro atoms. The molecule has 4 N–H and O–H groups in total. The number of nitrogen functional groups attached to an aromatic ring is 1. The zero-order chi connectivity index (χ0) is 21.5. The summed E-state index contributed by atoms with van der Waals surface area (Å²) < 4.78 is 32.5. The maximum atomic E-state index is 13.9. The second-order valence-corrected chi connectivity index (χ2v) is 7.19. The van der Waals surface area contributed by atoms with E-state index in [1.165, 1.54) is 0 Å². The van der Waals surface area contributed by atoms with Crippen LogP contribution in [0.1, 0.15) is 23.6 Å². The van der Waals surface area contributed by atoms with E-state index in [-0.39, 0.29) is 12.6 Å². The smallest absolute Gasteiger partial charge is 0.312 e. The molecule has 0 unspecified atom stereocenters. The fraction of sp³-hybridized carbons (Fsp3) is 0.300. The van der Waals surface area contributed by atoms with Gasteiger partial charge in [0.2, 0.25) is 12.7 Å². The van der Waals surface area contributed by atoms with Gasteiger partial charge in [0.25, 0.3) is 0 Å². The van der Waals surface area contributed by atoms with Crippen molar-refractivity contribution in [2.45, 2.75) is 26.3 Å². The minimum absolute atomic E-state index is 0.00974. The molecule has 4 heterocycles. The number of rotatable bonds is 6. The molecule has 3 aromatic heterocycles. The third kappa shape index (κ3) is 3.42. The molecule has 0 aliphatic carbocycles. The van der Waals surface area contributed by atoms with Gasteiger partial charge in [0.05, 0.1) is 6.20 Å². The molecule has 11 heteroatoms. The Morgan fingerprint density at radius 3 is 2.71 bits per heavy atom. The molecular formula is C20H20FN7O3. The quantitative estimate of drug-likeness (QED) is 0.445. The van der Waals surface area contributed by atoms with Crippen LogP contribution in [-0.4, -0.2) is 37.8 Å². The molecule has 5 rings (SSSR count). The molecule has 1 aliphatic heterocycles. The minimum atomic E-state index is -0.899. The highest BCUT2D eigenvalue weighted by atomic mass is 19.1. The number of nitrogens with two attached hydrogens (primary N) is 2. The number of nitrogens with zero attached hydrogens (tertiary/aromatic N) is 5. The number of aryl methyl sites for hydroxylation is 2. The SMILES string of the molecule is Cc1cnc(-c2cc3c(cc2Cc2nc4c(N)nc(F)nc4n2CCCN)OCO3)o1. The fourth-order valence-corrected chi connectivity index (χ4v) is 3.64. The van der Waals surface area contributed by atoms with Gasteiger partial charge in [-0.25, -0.2) is 9.97 Å². The first kappa shape index (κ1) is 19.2. The van der Waals surface area contributed by atoms with E-state index in [2.05, 4.69) is 19.9 Å². The van der Waals surface area contributed by atoms with Gasteiger partial charge in [0.15, 0.2) is 28.5 Å². The molecule has 0 saturated carbocycles. The molecule has 160 valence electrons. The second kappa shape index (κ2) is 7.51. The van der Waals surface area contributed by atoms with Crippen molar-refractivity contribution in [3.63, 3.8) is 0 Å². The van der Waals surface area contributed by atoms with E-state index >= 15 is 0 Å². The number of fused-ring (bicyclic) bond motifs is 2. The number of imidazole rings is 1. The maximum Gasteiger partial charge on any atom is 0.312 e. The number of ether oxygens (including phenoxy) is 2. The first-order chi connectivity index (χ1) is 15.0. The Labute approximate surface area is 176 Å². The summed E-state index contributed by atoms with van der Waals surface area (Å²) in [5, 5.41) is 0. The molecule has 0 fully saturated rings. The molecular weight excluding hydrogens is 405 g/mol. The maximum absolute atomic E-state index is 13.9. The molecule has 0 saturated heterocycles. The second-order valence-electron chi connectivity index (χ2n) is 7.19. The largest absolute Gasteiger partial charge is 0.454 e. The molecule has 1 aliphatic rings. The van der Waals surface area contributed by atoms with Crippen LogP contribution >= 0.6 is 0 Å².